The fourth-order valence-electron chi connectivity index (χ4n) is 2.51. The number of aldehydes is 1. The Hall–Kier alpha value is -1.09. The summed E-state index contributed by atoms with van der Waals surface area (Å²) in [7, 11) is 0. The Morgan fingerprint density at radius 1 is 1.38 bits per heavy atom. The van der Waals surface area contributed by atoms with Crippen molar-refractivity contribution in [3.8, 4) is 0 Å². The molecule has 0 spiro atoms. The normalized spacial score (nSPS) is 19.6. The highest BCUT2D eigenvalue weighted by Gasteiger charge is 2.15. The molecule has 0 aromatic carbocycles. The number of carbonyl (C=O) groups is 1. The van der Waals surface area contributed by atoms with Gasteiger partial charge in [-0.3, -0.25) is 4.79 Å². The second-order valence-electron chi connectivity index (χ2n) is 4.67. The number of carbonyl (C=O) groups excluding carboxylic acids is 1. The van der Waals surface area contributed by atoms with E-state index in [2.05, 4.69) is 16.4 Å². The molecule has 2 heterocycles. The van der Waals surface area contributed by atoms with Crippen molar-refractivity contribution in [1.82, 2.24) is 9.47 Å². The summed E-state index contributed by atoms with van der Waals surface area (Å²) in [6.45, 7) is 5.65. The zero-order valence-corrected chi connectivity index (χ0v) is 9.93. The number of nitrogens with zero attached hydrogens (tertiary/aromatic N) is 2. The summed E-state index contributed by atoms with van der Waals surface area (Å²) >= 11 is 0. The molecule has 0 amide bonds. The van der Waals surface area contributed by atoms with E-state index in [1.165, 1.54) is 32.4 Å². The van der Waals surface area contributed by atoms with Gasteiger partial charge in [0.05, 0.1) is 5.69 Å². The van der Waals surface area contributed by atoms with E-state index in [0.29, 0.717) is 6.04 Å². The van der Waals surface area contributed by atoms with Crippen LogP contribution in [0.1, 0.15) is 42.7 Å². The first-order valence-electron chi connectivity index (χ1n) is 6.15. The molecule has 1 unspecified atom stereocenters. The highest BCUT2D eigenvalue weighted by atomic mass is 16.1. The van der Waals surface area contributed by atoms with Gasteiger partial charge in [-0.05, 0) is 45.0 Å². The summed E-state index contributed by atoms with van der Waals surface area (Å²) in [5.74, 6) is 0. The topological polar surface area (TPSA) is 25.2 Å². The molecule has 1 aromatic rings. The van der Waals surface area contributed by atoms with E-state index in [1.807, 2.05) is 18.3 Å². The van der Waals surface area contributed by atoms with Gasteiger partial charge in [-0.15, -0.1) is 0 Å². The third-order valence-electron chi connectivity index (χ3n) is 3.38. The Labute approximate surface area is 97.1 Å². The Morgan fingerprint density at radius 3 is 2.81 bits per heavy atom. The average Bonchev–Trinajstić information content (AvgIpc) is 2.78. The van der Waals surface area contributed by atoms with Crippen LogP contribution in [-0.4, -0.2) is 35.4 Å². The molecule has 0 N–H and O–H groups in total. The first kappa shape index (κ1) is 11.4. The summed E-state index contributed by atoms with van der Waals surface area (Å²) in [6.07, 6.45) is 6.94. The highest BCUT2D eigenvalue weighted by Crippen LogP contribution is 2.15. The summed E-state index contributed by atoms with van der Waals surface area (Å²) in [6, 6.07) is 4.20. The van der Waals surface area contributed by atoms with Gasteiger partial charge in [0.25, 0.3) is 0 Å². The first-order chi connectivity index (χ1) is 7.81. The van der Waals surface area contributed by atoms with Crippen LogP contribution in [0, 0.1) is 0 Å². The third kappa shape index (κ3) is 2.53. The zero-order chi connectivity index (χ0) is 11.4. The van der Waals surface area contributed by atoms with Crippen molar-refractivity contribution in [3.05, 3.63) is 24.0 Å². The molecule has 0 radical (unpaired) electrons. The second-order valence-corrected chi connectivity index (χ2v) is 4.67. The predicted molar refractivity (Wildman–Crippen MR) is 64.8 cm³/mol. The predicted octanol–water partition coefficient (Wildman–Crippen LogP) is 2.35. The molecular formula is C13H20N2O. The van der Waals surface area contributed by atoms with Crippen molar-refractivity contribution in [2.24, 2.45) is 0 Å². The number of rotatable bonds is 4. The molecule has 1 aromatic heterocycles. The van der Waals surface area contributed by atoms with Crippen molar-refractivity contribution in [1.29, 1.82) is 0 Å². The van der Waals surface area contributed by atoms with Crippen molar-refractivity contribution < 1.29 is 4.79 Å². The molecule has 1 atom stereocenters. The molecule has 88 valence electrons. The molecule has 2 rings (SSSR count). The zero-order valence-electron chi connectivity index (χ0n) is 9.93. The van der Waals surface area contributed by atoms with Gasteiger partial charge in [0, 0.05) is 18.8 Å². The first-order valence-corrected chi connectivity index (χ1v) is 6.15. The Kier molecular flexibility index (Phi) is 3.78. The lowest BCUT2D eigenvalue weighted by molar-refractivity contribution is 0.111. The maximum atomic E-state index is 10.9. The van der Waals surface area contributed by atoms with E-state index in [9.17, 15) is 4.79 Å². The molecule has 0 saturated carbocycles. The standard InChI is InChI=1S/C13H20N2O/c1-12(10-14-7-3-2-4-8-14)15-9-5-6-13(15)11-16/h5-6,9,11-12H,2-4,7-8,10H2,1H3. The quantitative estimate of drug-likeness (QED) is 0.728. The van der Waals surface area contributed by atoms with Gasteiger partial charge in [0.2, 0.25) is 0 Å². The summed E-state index contributed by atoms with van der Waals surface area (Å²) < 4.78 is 2.07. The van der Waals surface area contributed by atoms with Gasteiger partial charge >= 0.3 is 0 Å². The molecule has 0 aliphatic carbocycles. The number of likely N-dealkylation sites (tertiary alicyclic amines) is 1. The third-order valence-corrected chi connectivity index (χ3v) is 3.38. The molecule has 16 heavy (non-hydrogen) atoms. The Balaban J connectivity index is 1.96. The minimum atomic E-state index is 0.383. The maximum Gasteiger partial charge on any atom is 0.166 e. The molecular weight excluding hydrogens is 200 g/mol. The molecule has 0 bridgehead atoms. The van der Waals surface area contributed by atoms with Gasteiger partial charge < -0.3 is 9.47 Å². The van der Waals surface area contributed by atoms with Crippen LogP contribution >= 0.6 is 0 Å². The maximum absolute atomic E-state index is 10.9. The van der Waals surface area contributed by atoms with E-state index < -0.39 is 0 Å². The SMILES string of the molecule is CC(CN1CCCCC1)n1cccc1C=O. The Bertz CT molecular complexity index is 339. The minimum Gasteiger partial charge on any atom is -0.341 e. The van der Waals surface area contributed by atoms with Crippen LogP contribution in [-0.2, 0) is 0 Å². The van der Waals surface area contributed by atoms with E-state index in [0.717, 1.165) is 18.5 Å². The lowest BCUT2D eigenvalue weighted by atomic mass is 10.1. The van der Waals surface area contributed by atoms with Gasteiger partial charge in [-0.2, -0.15) is 0 Å². The lowest BCUT2D eigenvalue weighted by Gasteiger charge is -2.30. The fraction of sp³-hybridized carbons (Fsp3) is 0.615. The highest BCUT2D eigenvalue weighted by molar-refractivity contribution is 5.72. The molecule has 1 saturated heterocycles. The van der Waals surface area contributed by atoms with Crippen LogP contribution < -0.4 is 0 Å². The molecule has 1 aliphatic rings. The van der Waals surface area contributed by atoms with Crippen LogP contribution in [0.3, 0.4) is 0 Å². The van der Waals surface area contributed by atoms with E-state index >= 15 is 0 Å². The van der Waals surface area contributed by atoms with E-state index in [4.69, 9.17) is 0 Å². The van der Waals surface area contributed by atoms with E-state index in [1.54, 1.807) is 0 Å². The molecule has 1 aliphatic heterocycles. The van der Waals surface area contributed by atoms with Crippen LogP contribution in [0.2, 0.25) is 0 Å². The fourth-order valence-corrected chi connectivity index (χ4v) is 2.51. The van der Waals surface area contributed by atoms with Gasteiger partial charge in [0.15, 0.2) is 6.29 Å². The average molecular weight is 220 g/mol. The number of aromatic nitrogens is 1. The van der Waals surface area contributed by atoms with Crippen molar-refractivity contribution in [2.45, 2.75) is 32.2 Å². The van der Waals surface area contributed by atoms with Crippen LogP contribution in [0.5, 0.6) is 0 Å². The minimum absolute atomic E-state index is 0.383. The van der Waals surface area contributed by atoms with Gasteiger partial charge in [-0.25, -0.2) is 0 Å². The van der Waals surface area contributed by atoms with Crippen molar-refractivity contribution in [2.75, 3.05) is 19.6 Å². The molecule has 3 heteroatoms. The lowest BCUT2D eigenvalue weighted by Crippen LogP contribution is -2.34. The molecule has 3 nitrogen and oxygen atoms in total. The summed E-state index contributed by atoms with van der Waals surface area (Å²) in [4.78, 5) is 13.4. The van der Waals surface area contributed by atoms with Crippen LogP contribution in [0.25, 0.3) is 0 Å². The van der Waals surface area contributed by atoms with E-state index in [-0.39, 0.29) is 0 Å². The monoisotopic (exact) mass is 220 g/mol. The second kappa shape index (κ2) is 5.30. The van der Waals surface area contributed by atoms with Crippen molar-refractivity contribution in [3.63, 3.8) is 0 Å². The summed E-state index contributed by atoms with van der Waals surface area (Å²) in [5, 5.41) is 0. The smallest absolute Gasteiger partial charge is 0.166 e. The van der Waals surface area contributed by atoms with Crippen LogP contribution in [0.15, 0.2) is 18.3 Å². The molecule has 1 fully saturated rings. The van der Waals surface area contributed by atoms with Gasteiger partial charge in [-0.1, -0.05) is 6.42 Å². The van der Waals surface area contributed by atoms with Crippen LogP contribution in [0.4, 0.5) is 0 Å². The number of hydrogen-bond donors (Lipinski definition) is 0. The number of piperidine rings is 1. The number of hydrogen-bond acceptors (Lipinski definition) is 2. The summed E-state index contributed by atoms with van der Waals surface area (Å²) in [5.41, 5.74) is 0.782. The Morgan fingerprint density at radius 2 is 2.12 bits per heavy atom. The van der Waals surface area contributed by atoms with Gasteiger partial charge in [0.1, 0.15) is 0 Å². The van der Waals surface area contributed by atoms with Crippen molar-refractivity contribution >= 4 is 6.29 Å². The largest absolute Gasteiger partial charge is 0.341 e.